The molecule has 8 heteroatoms. The number of nitrogens with zero attached hydrogens (tertiary/aromatic N) is 3. The first-order valence-corrected chi connectivity index (χ1v) is 10.7. The van der Waals surface area contributed by atoms with Crippen molar-refractivity contribution in [2.45, 2.75) is 19.9 Å². The molecule has 0 unspecified atom stereocenters. The van der Waals surface area contributed by atoms with Crippen LogP contribution in [0.2, 0.25) is 0 Å². The summed E-state index contributed by atoms with van der Waals surface area (Å²) >= 11 is 1.36. The van der Waals surface area contributed by atoms with Crippen molar-refractivity contribution in [3.05, 3.63) is 83.6 Å². The molecule has 0 radical (unpaired) electrons. The molecule has 0 bridgehead atoms. The lowest BCUT2D eigenvalue weighted by molar-refractivity contribution is 0.0944. The van der Waals surface area contributed by atoms with Crippen molar-refractivity contribution >= 4 is 28.8 Å². The lowest BCUT2D eigenvalue weighted by Crippen LogP contribution is -2.31. The molecule has 2 amide bonds. The number of nitrogens with one attached hydrogen (secondary N) is 2. The molecule has 0 aliphatic carbocycles. The minimum atomic E-state index is -0.372. The van der Waals surface area contributed by atoms with Gasteiger partial charge < -0.3 is 10.6 Å². The van der Waals surface area contributed by atoms with Crippen molar-refractivity contribution in [1.29, 1.82) is 0 Å². The number of rotatable bonds is 6. The van der Waals surface area contributed by atoms with Crippen LogP contribution < -0.4 is 10.6 Å². The fraction of sp³-hybridized carbons (Fsp3) is 0.130. The van der Waals surface area contributed by atoms with Crippen LogP contribution in [0.4, 0.5) is 5.69 Å². The summed E-state index contributed by atoms with van der Waals surface area (Å²) in [6, 6.07) is 16.7. The second-order valence-corrected chi connectivity index (χ2v) is 8.03. The summed E-state index contributed by atoms with van der Waals surface area (Å²) in [7, 11) is 0. The van der Waals surface area contributed by atoms with Crippen LogP contribution in [-0.4, -0.2) is 32.6 Å². The number of thiazole rings is 1. The molecule has 0 spiro atoms. The first-order chi connectivity index (χ1) is 15.0. The Hall–Kier alpha value is -3.78. The third-order valence-corrected chi connectivity index (χ3v) is 5.32. The van der Waals surface area contributed by atoms with E-state index < -0.39 is 0 Å². The van der Waals surface area contributed by atoms with Gasteiger partial charge in [0.2, 0.25) is 0 Å². The molecule has 2 aromatic heterocycles. The number of carbonyl (C=O) groups is 2. The van der Waals surface area contributed by atoms with E-state index in [-0.39, 0.29) is 23.6 Å². The van der Waals surface area contributed by atoms with Crippen LogP contribution in [0.3, 0.4) is 0 Å². The summed E-state index contributed by atoms with van der Waals surface area (Å²) in [6.07, 6.45) is 3.60. The van der Waals surface area contributed by atoms with Gasteiger partial charge in [-0.1, -0.05) is 30.3 Å². The summed E-state index contributed by atoms with van der Waals surface area (Å²) in [4.78, 5) is 29.6. The van der Waals surface area contributed by atoms with Crippen molar-refractivity contribution in [2.24, 2.45) is 0 Å². The Labute approximate surface area is 183 Å². The number of carbonyl (C=O) groups excluding carboxylic acids is 2. The van der Waals surface area contributed by atoms with E-state index in [4.69, 9.17) is 0 Å². The first-order valence-electron chi connectivity index (χ1n) is 9.78. The summed E-state index contributed by atoms with van der Waals surface area (Å²) in [5.74, 6) is -0.610. The van der Waals surface area contributed by atoms with Crippen LogP contribution in [0.25, 0.3) is 16.3 Å². The van der Waals surface area contributed by atoms with E-state index in [9.17, 15) is 9.59 Å². The maximum absolute atomic E-state index is 12.8. The quantitative estimate of drug-likeness (QED) is 0.474. The molecule has 0 aliphatic rings. The van der Waals surface area contributed by atoms with Gasteiger partial charge in [-0.25, -0.2) is 9.67 Å². The summed E-state index contributed by atoms with van der Waals surface area (Å²) < 4.78 is 1.76. The molecule has 4 aromatic rings. The van der Waals surface area contributed by atoms with Gasteiger partial charge in [0.15, 0.2) is 0 Å². The zero-order valence-corrected chi connectivity index (χ0v) is 17.9. The molecule has 2 N–H and O–H groups in total. The Morgan fingerprint density at radius 1 is 1.00 bits per heavy atom. The molecule has 2 heterocycles. The number of benzene rings is 2. The second-order valence-electron chi connectivity index (χ2n) is 7.17. The summed E-state index contributed by atoms with van der Waals surface area (Å²) in [6.45, 7) is 3.77. The number of aromatic nitrogens is 3. The van der Waals surface area contributed by atoms with E-state index in [0.717, 1.165) is 11.3 Å². The minimum absolute atomic E-state index is 0.00541. The SMILES string of the molecule is CC(C)NC(=O)c1ccccc1NC(=O)c1csc(-c2cnn(-c3ccccc3)c2)n1. The highest BCUT2D eigenvalue weighted by Crippen LogP contribution is 2.25. The van der Waals surface area contributed by atoms with Crippen LogP contribution in [-0.2, 0) is 0 Å². The number of anilines is 1. The van der Waals surface area contributed by atoms with E-state index in [1.165, 1.54) is 11.3 Å². The van der Waals surface area contributed by atoms with Crippen LogP contribution in [0.5, 0.6) is 0 Å². The first kappa shape index (κ1) is 20.5. The molecule has 31 heavy (non-hydrogen) atoms. The van der Waals surface area contributed by atoms with Gasteiger partial charge in [-0.15, -0.1) is 11.3 Å². The molecule has 0 aliphatic heterocycles. The monoisotopic (exact) mass is 431 g/mol. The number of para-hydroxylation sites is 2. The van der Waals surface area contributed by atoms with Crippen LogP contribution >= 0.6 is 11.3 Å². The van der Waals surface area contributed by atoms with Crippen LogP contribution in [0.15, 0.2) is 72.4 Å². The third-order valence-electron chi connectivity index (χ3n) is 4.43. The average Bonchev–Trinajstić information content (AvgIpc) is 3.44. The second kappa shape index (κ2) is 8.93. The smallest absolute Gasteiger partial charge is 0.275 e. The zero-order chi connectivity index (χ0) is 21.8. The fourth-order valence-electron chi connectivity index (χ4n) is 2.98. The normalized spacial score (nSPS) is 10.8. The molecule has 2 aromatic carbocycles. The molecule has 0 saturated carbocycles. The zero-order valence-electron chi connectivity index (χ0n) is 17.1. The minimum Gasteiger partial charge on any atom is -0.350 e. The molecule has 156 valence electrons. The maximum Gasteiger partial charge on any atom is 0.275 e. The Bertz CT molecular complexity index is 1210. The van der Waals surface area contributed by atoms with E-state index in [0.29, 0.717) is 16.3 Å². The number of hydrogen-bond donors (Lipinski definition) is 2. The van der Waals surface area contributed by atoms with Crippen molar-refractivity contribution in [3.8, 4) is 16.3 Å². The summed E-state index contributed by atoms with van der Waals surface area (Å²) in [5, 5.41) is 12.4. The Morgan fingerprint density at radius 2 is 1.74 bits per heavy atom. The Kier molecular flexibility index (Phi) is 5.90. The van der Waals surface area contributed by atoms with Crippen LogP contribution in [0, 0.1) is 0 Å². The molecule has 0 atom stereocenters. The topological polar surface area (TPSA) is 88.9 Å². The van der Waals surface area contributed by atoms with Crippen molar-refractivity contribution in [1.82, 2.24) is 20.1 Å². The highest BCUT2D eigenvalue weighted by molar-refractivity contribution is 7.13. The lowest BCUT2D eigenvalue weighted by Gasteiger charge is -2.12. The van der Waals surface area contributed by atoms with Crippen molar-refractivity contribution < 1.29 is 9.59 Å². The van der Waals surface area contributed by atoms with Crippen LogP contribution in [0.1, 0.15) is 34.7 Å². The highest BCUT2D eigenvalue weighted by Gasteiger charge is 2.17. The van der Waals surface area contributed by atoms with Crippen molar-refractivity contribution in [3.63, 3.8) is 0 Å². The lowest BCUT2D eigenvalue weighted by atomic mass is 10.1. The Morgan fingerprint density at radius 3 is 2.52 bits per heavy atom. The van der Waals surface area contributed by atoms with Gasteiger partial charge in [0.05, 0.1) is 23.1 Å². The van der Waals surface area contributed by atoms with E-state index in [1.54, 1.807) is 40.5 Å². The third kappa shape index (κ3) is 4.70. The van der Waals surface area contributed by atoms with Gasteiger partial charge in [-0.3, -0.25) is 9.59 Å². The molecular formula is C23H21N5O2S. The van der Waals surface area contributed by atoms with Gasteiger partial charge in [0.1, 0.15) is 10.7 Å². The largest absolute Gasteiger partial charge is 0.350 e. The molecule has 7 nitrogen and oxygen atoms in total. The molecule has 0 fully saturated rings. The predicted molar refractivity (Wildman–Crippen MR) is 122 cm³/mol. The van der Waals surface area contributed by atoms with Crippen molar-refractivity contribution in [2.75, 3.05) is 5.32 Å². The predicted octanol–water partition coefficient (Wildman–Crippen LogP) is 4.39. The number of amides is 2. The maximum atomic E-state index is 12.8. The van der Waals surface area contributed by atoms with Gasteiger partial charge >= 0.3 is 0 Å². The molecule has 4 rings (SSSR count). The van der Waals surface area contributed by atoms with E-state index in [1.807, 2.05) is 50.4 Å². The van der Waals surface area contributed by atoms with Gasteiger partial charge in [-0.05, 0) is 38.1 Å². The van der Waals surface area contributed by atoms with Gasteiger partial charge in [0.25, 0.3) is 11.8 Å². The highest BCUT2D eigenvalue weighted by atomic mass is 32.1. The standard InChI is InChI=1S/C23H21N5O2S/c1-15(2)25-21(29)18-10-6-7-11-19(18)26-22(30)20-14-31-23(27-20)16-12-24-28(13-16)17-8-4-3-5-9-17/h3-15H,1-2H3,(H,25,29)(H,26,30). The Balaban J connectivity index is 1.51. The van der Waals surface area contributed by atoms with Gasteiger partial charge in [-0.2, -0.15) is 5.10 Å². The molecular weight excluding hydrogens is 410 g/mol. The van der Waals surface area contributed by atoms with E-state index >= 15 is 0 Å². The number of hydrogen-bond acceptors (Lipinski definition) is 5. The van der Waals surface area contributed by atoms with E-state index in [2.05, 4.69) is 20.7 Å². The van der Waals surface area contributed by atoms with Gasteiger partial charge in [0, 0.05) is 23.2 Å². The summed E-state index contributed by atoms with van der Waals surface area (Å²) in [5.41, 5.74) is 2.90. The fourth-order valence-corrected chi connectivity index (χ4v) is 3.76. The molecule has 0 saturated heterocycles. The average molecular weight is 432 g/mol.